The number of rotatable bonds is 7. The maximum Gasteiger partial charge on any atom is 0.183 e. The smallest absolute Gasteiger partial charge is 0.183 e. The van der Waals surface area contributed by atoms with Gasteiger partial charge in [-0.15, -0.1) is 11.3 Å². The van der Waals surface area contributed by atoms with Crippen LogP contribution in [-0.2, 0) is 11.3 Å². The predicted octanol–water partition coefficient (Wildman–Crippen LogP) is 3.04. The molecule has 1 saturated carbocycles. The first-order valence-electron chi connectivity index (χ1n) is 6.04. The molecule has 1 atom stereocenters. The van der Waals surface area contributed by atoms with E-state index < -0.39 is 0 Å². The molecule has 2 rings (SSSR count). The number of nitrogens with zero attached hydrogens (tertiary/aromatic N) is 2. The highest BCUT2D eigenvalue weighted by atomic mass is 35.5. The highest BCUT2D eigenvalue weighted by Crippen LogP contribution is 2.35. The van der Waals surface area contributed by atoms with Crippen LogP contribution in [0.5, 0.6) is 0 Å². The van der Waals surface area contributed by atoms with E-state index in [0.29, 0.717) is 10.5 Å². The Kier molecular flexibility index (Phi) is 4.79. The van der Waals surface area contributed by atoms with Crippen LogP contribution in [-0.4, -0.2) is 36.2 Å². The SMILES string of the molecule is COCCN(Cc1cnc(Cl)s1)C(C)C1CC1. The second-order valence-electron chi connectivity index (χ2n) is 4.62. The molecule has 0 spiro atoms. The summed E-state index contributed by atoms with van der Waals surface area (Å²) < 4.78 is 5.82. The molecule has 96 valence electrons. The highest BCUT2D eigenvalue weighted by molar-refractivity contribution is 7.15. The molecule has 0 aliphatic heterocycles. The third-order valence-corrected chi connectivity index (χ3v) is 4.45. The average molecular weight is 275 g/mol. The molecule has 1 aliphatic carbocycles. The maximum absolute atomic E-state index is 5.87. The first-order valence-corrected chi connectivity index (χ1v) is 7.23. The summed E-state index contributed by atoms with van der Waals surface area (Å²) in [5.41, 5.74) is 0. The number of hydrogen-bond acceptors (Lipinski definition) is 4. The summed E-state index contributed by atoms with van der Waals surface area (Å²) in [6.07, 6.45) is 4.62. The molecule has 0 amide bonds. The maximum atomic E-state index is 5.87. The van der Waals surface area contributed by atoms with E-state index in [-0.39, 0.29) is 0 Å². The standard InChI is InChI=1S/C12H19ClN2OS/c1-9(10-3-4-10)15(5-6-16-2)8-11-7-14-12(13)17-11/h7,9-10H,3-6,8H2,1-2H3. The Morgan fingerprint density at radius 3 is 2.94 bits per heavy atom. The summed E-state index contributed by atoms with van der Waals surface area (Å²) in [6, 6.07) is 0.631. The van der Waals surface area contributed by atoms with Crippen LogP contribution in [0.25, 0.3) is 0 Å². The molecule has 1 aromatic rings. The summed E-state index contributed by atoms with van der Waals surface area (Å²) in [6.45, 7) is 5.01. The minimum Gasteiger partial charge on any atom is -0.383 e. The lowest BCUT2D eigenvalue weighted by Crippen LogP contribution is -2.36. The Balaban J connectivity index is 1.93. The van der Waals surface area contributed by atoms with Gasteiger partial charge in [0.15, 0.2) is 4.47 Å². The molecule has 0 N–H and O–H groups in total. The van der Waals surface area contributed by atoms with E-state index in [2.05, 4.69) is 16.8 Å². The first-order chi connectivity index (χ1) is 8.20. The van der Waals surface area contributed by atoms with Crippen molar-refractivity contribution in [2.75, 3.05) is 20.3 Å². The van der Waals surface area contributed by atoms with Gasteiger partial charge in [0.05, 0.1) is 6.61 Å². The molecule has 0 saturated heterocycles. The molecular weight excluding hydrogens is 256 g/mol. The van der Waals surface area contributed by atoms with E-state index in [1.54, 1.807) is 18.4 Å². The van der Waals surface area contributed by atoms with E-state index in [0.717, 1.165) is 25.6 Å². The van der Waals surface area contributed by atoms with Crippen LogP contribution in [0.2, 0.25) is 4.47 Å². The van der Waals surface area contributed by atoms with Crippen LogP contribution in [0.15, 0.2) is 6.20 Å². The van der Waals surface area contributed by atoms with Crippen LogP contribution in [0.1, 0.15) is 24.6 Å². The molecular formula is C12H19ClN2OS. The molecule has 1 aliphatic rings. The molecule has 0 aromatic carbocycles. The lowest BCUT2D eigenvalue weighted by molar-refractivity contribution is 0.112. The van der Waals surface area contributed by atoms with Gasteiger partial charge in [-0.3, -0.25) is 4.90 Å². The number of halogens is 1. The van der Waals surface area contributed by atoms with Gasteiger partial charge in [0, 0.05) is 37.3 Å². The van der Waals surface area contributed by atoms with E-state index in [1.807, 2.05) is 6.20 Å². The molecule has 1 heterocycles. The van der Waals surface area contributed by atoms with Crippen molar-refractivity contribution in [1.82, 2.24) is 9.88 Å². The fourth-order valence-electron chi connectivity index (χ4n) is 2.07. The number of hydrogen-bond donors (Lipinski definition) is 0. The monoisotopic (exact) mass is 274 g/mol. The molecule has 0 bridgehead atoms. The summed E-state index contributed by atoms with van der Waals surface area (Å²) in [7, 11) is 1.75. The molecule has 3 nitrogen and oxygen atoms in total. The Bertz CT molecular complexity index is 354. The summed E-state index contributed by atoms with van der Waals surface area (Å²) >= 11 is 7.44. The zero-order valence-corrected chi connectivity index (χ0v) is 11.9. The second kappa shape index (κ2) is 6.14. The fourth-order valence-corrected chi connectivity index (χ4v) is 3.07. The van der Waals surface area contributed by atoms with Crippen LogP contribution in [0.3, 0.4) is 0 Å². The van der Waals surface area contributed by atoms with E-state index in [1.165, 1.54) is 17.7 Å². The minimum atomic E-state index is 0.630. The van der Waals surface area contributed by atoms with Gasteiger partial charge in [0.1, 0.15) is 0 Å². The number of ether oxygens (including phenoxy) is 1. The van der Waals surface area contributed by atoms with Crippen molar-refractivity contribution in [2.24, 2.45) is 5.92 Å². The van der Waals surface area contributed by atoms with Crippen molar-refractivity contribution < 1.29 is 4.74 Å². The Morgan fingerprint density at radius 1 is 1.65 bits per heavy atom. The lowest BCUT2D eigenvalue weighted by atomic mass is 10.2. The molecule has 0 radical (unpaired) electrons. The van der Waals surface area contributed by atoms with E-state index >= 15 is 0 Å². The van der Waals surface area contributed by atoms with Gasteiger partial charge < -0.3 is 4.74 Å². The largest absolute Gasteiger partial charge is 0.383 e. The van der Waals surface area contributed by atoms with E-state index in [9.17, 15) is 0 Å². The normalized spacial score (nSPS) is 17.6. The highest BCUT2D eigenvalue weighted by Gasteiger charge is 2.31. The first kappa shape index (κ1) is 13.3. The Hall–Kier alpha value is -0.160. The van der Waals surface area contributed by atoms with Gasteiger partial charge in [-0.25, -0.2) is 4.98 Å². The Morgan fingerprint density at radius 2 is 2.41 bits per heavy atom. The molecule has 5 heteroatoms. The van der Waals surface area contributed by atoms with Gasteiger partial charge >= 0.3 is 0 Å². The van der Waals surface area contributed by atoms with Gasteiger partial charge in [-0.2, -0.15) is 0 Å². The lowest BCUT2D eigenvalue weighted by Gasteiger charge is -2.28. The van der Waals surface area contributed by atoms with E-state index in [4.69, 9.17) is 16.3 Å². The Labute approximate surface area is 112 Å². The number of methoxy groups -OCH3 is 1. The third-order valence-electron chi connectivity index (χ3n) is 3.35. The topological polar surface area (TPSA) is 25.4 Å². The third kappa shape index (κ3) is 3.91. The molecule has 17 heavy (non-hydrogen) atoms. The van der Waals surface area contributed by atoms with Crippen molar-refractivity contribution in [1.29, 1.82) is 0 Å². The van der Waals surface area contributed by atoms with Crippen molar-refractivity contribution in [2.45, 2.75) is 32.4 Å². The molecule has 1 aromatic heterocycles. The van der Waals surface area contributed by atoms with Crippen LogP contribution >= 0.6 is 22.9 Å². The second-order valence-corrected chi connectivity index (χ2v) is 6.32. The summed E-state index contributed by atoms with van der Waals surface area (Å²) in [4.78, 5) is 7.81. The quantitative estimate of drug-likeness (QED) is 0.764. The van der Waals surface area contributed by atoms with Crippen LogP contribution < -0.4 is 0 Å². The number of thiazole rings is 1. The number of aromatic nitrogens is 1. The summed E-state index contributed by atoms with van der Waals surface area (Å²) in [5, 5.41) is 0. The van der Waals surface area contributed by atoms with Gasteiger partial charge in [-0.05, 0) is 25.7 Å². The predicted molar refractivity (Wildman–Crippen MR) is 71.6 cm³/mol. The van der Waals surface area contributed by atoms with Crippen molar-refractivity contribution in [3.8, 4) is 0 Å². The minimum absolute atomic E-state index is 0.630. The molecule has 1 unspecified atom stereocenters. The van der Waals surface area contributed by atoms with Crippen LogP contribution in [0.4, 0.5) is 0 Å². The van der Waals surface area contributed by atoms with Crippen molar-refractivity contribution in [3.05, 3.63) is 15.5 Å². The van der Waals surface area contributed by atoms with Gasteiger partial charge in [-0.1, -0.05) is 11.6 Å². The summed E-state index contributed by atoms with van der Waals surface area (Å²) in [5.74, 6) is 0.871. The molecule has 1 fully saturated rings. The fraction of sp³-hybridized carbons (Fsp3) is 0.750. The zero-order chi connectivity index (χ0) is 12.3. The van der Waals surface area contributed by atoms with Gasteiger partial charge in [0.2, 0.25) is 0 Å². The van der Waals surface area contributed by atoms with Crippen molar-refractivity contribution in [3.63, 3.8) is 0 Å². The van der Waals surface area contributed by atoms with Crippen molar-refractivity contribution >= 4 is 22.9 Å². The average Bonchev–Trinajstić information content (AvgIpc) is 3.08. The zero-order valence-electron chi connectivity index (χ0n) is 10.4. The van der Waals surface area contributed by atoms with Crippen LogP contribution in [0, 0.1) is 5.92 Å². The van der Waals surface area contributed by atoms with Gasteiger partial charge in [0.25, 0.3) is 0 Å².